The molecule has 32 heavy (non-hydrogen) atoms. The van der Waals surface area contributed by atoms with Crippen LogP contribution in [0.5, 0.6) is 0 Å². The Morgan fingerprint density at radius 3 is 2.56 bits per heavy atom. The van der Waals surface area contributed by atoms with Crippen LogP contribution in [-0.2, 0) is 11.3 Å². The van der Waals surface area contributed by atoms with Crippen molar-refractivity contribution in [1.82, 2.24) is 4.90 Å². The molecule has 174 valence electrons. The van der Waals surface area contributed by atoms with Gasteiger partial charge in [-0.05, 0) is 48.0 Å². The van der Waals surface area contributed by atoms with Gasteiger partial charge in [0.2, 0.25) is 0 Å². The Balaban J connectivity index is 1.82. The Hall–Kier alpha value is -1.75. The summed E-state index contributed by atoms with van der Waals surface area (Å²) >= 11 is 12.6. The first-order chi connectivity index (χ1) is 15.1. The Labute approximate surface area is 195 Å². The molecule has 1 amide bonds. The lowest BCUT2D eigenvalue weighted by atomic mass is 9.84. The number of aliphatic hydroxyl groups is 5. The third-order valence-corrected chi connectivity index (χ3v) is 6.13. The monoisotopic (exact) mass is 484 g/mol. The highest BCUT2D eigenvalue weighted by atomic mass is 35.5. The normalized spacial score (nSPS) is 20.2. The summed E-state index contributed by atoms with van der Waals surface area (Å²) in [6, 6.07) is 10.6. The summed E-state index contributed by atoms with van der Waals surface area (Å²) in [5.41, 5.74) is 3.25. The number of amides is 1. The van der Waals surface area contributed by atoms with Crippen molar-refractivity contribution in [3.63, 3.8) is 0 Å². The second-order valence-electron chi connectivity index (χ2n) is 8.00. The minimum absolute atomic E-state index is 0.0613. The van der Waals surface area contributed by atoms with Crippen molar-refractivity contribution >= 4 is 34.8 Å². The number of aliphatic hydroxyl groups excluding tert-OH is 5. The quantitative estimate of drug-likeness (QED) is 0.344. The molecule has 4 unspecified atom stereocenters. The van der Waals surface area contributed by atoms with E-state index in [4.69, 9.17) is 28.3 Å². The predicted octanol–water partition coefficient (Wildman–Crippen LogP) is 0.945. The van der Waals surface area contributed by atoms with Gasteiger partial charge < -0.3 is 35.7 Å². The zero-order valence-corrected chi connectivity index (χ0v) is 18.8. The van der Waals surface area contributed by atoms with E-state index in [0.29, 0.717) is 28.8 Å². The maximum absolute atomic E-state index is 12.4. The summed E-state index contributed by atoms with van der Waals surface area (Å²) < 4.78 is 0. The summed E-state index contributed by atoms with van der Waals surface area (Å²) in [4.78, 5) is 14.5. The molecular formula is C22H26Cl2N2O6. The smallest absolute Gasteiger partial charge is 0.256 e. The fraction of sp³-hybridized carbons (Fsp3) is 0.409. The molecule has 0 aliphatic carbocycles. The number of carbonyl (C=O) groups is 1. The highest BCUT2D eigenvalue weighted by Gasteiger charge is 2.34. The van der Waals surface area contributed by atoms with Crippen LogP contribution in [0.3, 0.4) is 0 Å². The Bertz CT molecular complexity index is 975. The standard InChI is InChI=1S/C22H26Cl2N2O6/c1-26-8-15(14-6-12(23)7-17(24)16(14)9-26)11-3-2-4-13(5-11)25-22(32)21(31)20(30)19(29)18(28)10-27/h2-7,15,18-21,27-31H,8-10H2,1H3,(H,25,32)/t15-,18?,19?,20?,21?/m1/s1. The molecule has 0 fully saturated rings. The van der Waals surface area contributed by atoms with Crippen molar-refractivity contribution in [3.05, 3.63) is 63.1 Å². The lowest BCUT2D eigenvalue weighted by molar-refractivity contribution is -0.144. The van der Waals surface area contributed by atoms with Gasteiger partial charge in [0.15, 0.2) is 6.10 Å². The van der Waals surface area contributed by atoms with Crippen molar-refractivity contribution in [2.45, 2.75) is 36.9 Å². The number of nitrogens with zero attached hydrogens (tertiary/aromatic N) is 1. The molecule has 1 heterocycles. The van der Waals surface area contributed by atoms with Crippen molar-refractivity contribution in [2.24, 2.45) is 0 Å². The highest BCUT2D eigenvalue weighted by Crippen LogP contribution is 2.38. The van der Waals surface area contributed by atoms with Crippen molar-refractivity contribution < 1.29 is 30.3 Å². The molecule has 3 rings (SSSR count). The number of benzene rings is 2. The van der Waals surface area contributed by atoms with Gasteiger partial charge in [-0.3, -0.25) is 4.79 Å². The maximum Gasteiger partial charge on any atom is 0.256 e. The molecule has 8 nitrogen and oxygen atoms in total. The summed E-state index contributed by atoms with van der Waals surface area (Å²) in [5.74, 6) is -1.03. The van der Waals surface area contributed by atoms with Crippen LogP contribution >= 0.6 is 23.2 Å². The van der Waals surface area contributed by atoms with Crippen LogP contribution < -0.4 is 5.32 Å². The second kappa shape index (κ2) is 10.5. The minimum Gasteiger partial charge on any atom is -0.394 e. The topological polar surface area (TPSA) is 133 Å². The highest BCUT2D eigenvalue weighted by molar-refractivity contribution is 6.35. The number of carbonyl (C=O) groups excluding carboxylic acids is 1. The molecule has 0 bridgehead atoms. The fourth-order valence-electron chi connectivity index (χ4n) is 3.86. The van der Waals surface area contributed by atoms with Gasteiger partial charge in [-0.25, -0.2) is 0 Å². The number of anilines is 1. The van der Waals surface area contributed by atoms with E-state index in [1.165, 1.54) is 0 Å². The van der Waals surface area contributed by atoms with Crippen molar-refractivity contribution in [2.75, 3.05) is 25.5 Å². The number of hydrogen-bond donors (Lipinski definition) is 6. The van der Waals surface area contributed by atoms with Crippen LogP contribution in [0.4, 0.5) is 5.69 Å². The fourth-order valence-corrected chi connectivity index (χ4v) is 4.43. The molecule has 1 aliphatic rings. The molecule has 6 N–H and O–H groups in total. The number of fused-ring (bicyclic) bond motifs is 1. The molecule has 5 atom stereocenters. The van der Waals surface area contributed by atoms with E-state index in [0.717, 1.165) is 16.7 Å². The van der Waals surface area contributed by atoms with Gasteiger partial charge in [-0.2, -0.15) is 0 Å². The Morgan fingerprint density at radius 1 is 1.16 bits per heavy atom. The van der Waals surface area contributed by atoms with Gasteiger partial charge in [0, 0.05) is 34.7 Å². The summed E-state index contributed by atoms with van der Waals surface area (Å²) in [7, 11) is 1.98. The number of rotatable bonds is 7. The zero-order valence-electron chi connectivity index (χ0n) is 17.3. The molecule has 0 spiro atoms. The van der Waals surface area contributed by atoms with Crippen molar-refractivity contribution in [1.29, 1.82) is 0 Å². The van der Waals surface area contributed by atoms with E-state index < -0.39 is 36.9 Å². The first-order valence-corrected chi connectivity index (χ1v) is 10.8. The van der Waals surface area contributed by atoms with E-state index in [1.54, 1.807) is 24.3 Å². The van der Waals surface area contributed by atoms with E-state index >= 15 is 0 Å². The average molecular weight is 485 g/mol. The summed E-state index contributed by atoms with van der Waals surface area (Å²) in [6.45, 7) is 0.554. The van der Waals surface area contributed by atoms with Gasteiger partial charge in [-0.15, -0.1) is 0 Å². The number of halogens is 2. The maximum atomic E-state index is 12.4. The van der Waals surface area contributed by atoms with E-state index in [9.17, 15) is 25.2 Å². The van der Waals surface area contributed by atoms with Crippen LogP contribution in [0.1, 0.15) is 22.6 Å². The summed E-state index contributed by atoms with van der Waals surface area (Å²) in [6.07, 6.45) is -7.59. The molecule has 2 aromatic carbocycles. The Kier molecular flexibility index (Phi) is 8.13. The average Bonchev–Trinajstić information content (AvgIpc) is 2.77. The molecule has 0 saturated heterocycles. The lowest BCUT2D eigenvalue weighted by Gasteiger charge is -2.33. The molecule has 1 aliphatic heterocycles. The molecular weight excluding hydrogens is 459 g/mol. The third-order valence-electron chi connectivity index (χ3n) is 5.57. The Morgan fingerprint density at radius 2 is 1.88 bits per heavy atom. The molecule has 2 aromatic rings. The summed E-state index contributed by atoms with van der Waals surface area (Å²) in [5, 5.41) is 51.6. The first-order valence-electron chi connectivity index (χ1n) is 10.0. The third kappa shape index (κ3) is 5.41. The molecule has 0 saturated carbocycles. The first kappa shape index (κ1) is 24.9. The van der Waals surface area contributed by atoms with Crippen LogP contribution in [0.15, 0.2) is 36.4 Å². The van der Waals surface area contributed by atoms with Gasteiger partial charge in [-0.1, -0.05) is 35.3 Å². The number of hydrogen-bond acceptors (Lipinski definition) is 7. The van der Waals surface area contributed by atoms with Crippen LogP contribution in [0.25, 0.3) is 0 Å². The minimum atomic E-state index is -2.02. The van der Waals surface area contributed by atoms with Crippen LogP contribution in [0.2, 0.25) is 10.0 Å². The van der Waals surface area contributed by atoms with Gasteiger partial charge in [0.05, 0.1) is 6.61 Å². The van der Waals surface area contributed by atoms with Gasteiger partial charge in [0.25, 0.3) is 5.91 Å². The SMILES string of the molecule is CN1Cc2c(Cl)cc(Cl)cc2[C@@H](c2cccc(NC(=O)C(O)C(O)C(O)C(O)CO)c2)C1. The van der Waals surface area contributed by atoms with Crippen LogP contribution in [-0.4, -0.2) is 81.0 Å². The predicted molar refractivity (Wildman–Crippen MR) is 121 cm³/mol. The lowest BCUT2D eigenvalue weighted by Crippen LogP contribution is -2.50. The van der Waals surface area contributed by atoms with Crippen molar-refractivity contribution in [3.8, 4) is 0 Å². The molecule has 0 aromatic heterocycles. The molecule has 10 heteroatoms. The van der Waals surface area contributed by atoms with E-state index in [-0.39, 0.29) is 5.92 Å². The largest absolute Gasteiger partial charge is 0.394 e. The zero-order chi connectivity index (χ0) is 23.6. The van der Waals surface area contributed by atoms with Gasteiger partial charge in [0.1, 0.15) is 18.3 Å². The van der Waals surface area contributed by atoms with E-state index in [1.807, 2.05) is 19.2 Å². The van der Waals surface area contributed by atoms with Crippen LogP contribution in [0, 0.1) is 0 Å². The van der Waals surface area contributed by atoms with E-state index in [2.05, 4.69) is 10.2 Å². The number of nitrogens with one attached hydrogen (secondary N) is 1. The number of likely N-dealkylation sites (N-methyl/N-ethyl adjacent to an activating group) is 1. The molecule has 0 radical (unpaired) electrons. The van der Waals surface area contributed by atoms with Gasteiger partial charge >= 0.3 is 0 Å². The second-order valence-corrected chi connectivity index (χ2v) is 8.84.